The third-order valence-corrected chi connectivity index (χ3v) is 2.18. The Hall–Kier alpha value is -1.40. The van der Waals surface area contributed by atoms with Crippen molar-refractivity contribution in [1.29, 1.82) is 0 Å². The predicted octanol–water partition coefficient (Wildman–Crippen LogP) is 2.69. The fraction of sp³-hybridized carbons (Fsp3) is 0.333. The normalized spacial score (nSPS) is 11.8. The maximum absolute atomic E-state index is 13.3. The molecule has 0 aliphatic heterocycles. The third-order valence-electron chi connectivity index (χ3n) is 2.18. The molecule has 1 aromatic rings. The first-order valence-electron chi connectivity index (χ1n) is 4.67. The Bertz CT molecular complexity index is 416. The van der Waals surface area contributed by atoms with Gasteiger partial charge in [0.1, 0.15) is 11.6 Å². The van der Waals surface area contributed by atoms with Crippen LogP contribution in [0.3, 0.4) is 0 Å². The van der Waals surface area contributed by atoms with Crippen molar-refractivity contribution in [3.63, 3.8) is 0 Å². The minimum Gasteiger partial charge on any atom is -0.323 e. The molecular weight excluding hydrogens is 196 g/mol. The molecule has 0 aromatic heterocycles. The standard InChI is InChI=1S/C12H13F2N/c1-3-4-5-12(15)9-6-8(2)10(13)7-11(9)14/h6-7,12H,5,15H2,1-2H3. The molecule has 0 spiro atoms. The summed E-state index contributed by atoms with van der Waals surface area (Å²) in [7, 11) is 0. The van der Waals surface area contributed by atoms with E-state index in [-0.39, 0.29) is 0 Å². The molecule has 0 radical (unpaired) electrons. The lowest BCUT2D eigenvalue weighted by molar-refractivity contribution is 0.552. The number of rotatable bonds is 2. The summed E-state index contributed by atoms with van der Waals surface area (Å²) in [6.07, 6.45) is 0.374. The molecule has 0 aliphatic carbocycles. The second kappa shape index (κ2) is 4.90. The zero-order valence-electron chi connectivity index (χ0n) is 8.77. The average Bonchev–Trinajstić information content (AvgIpc) is 2.20. The number of benzene rings is 1. The quantitative estimate of drug-likeness (QED) is 0.744. The van der Waals surface area contributed by atoms with Crippen LogP contribution in [0.5, 0.6) is 0 Å². The van der Waals surface area contributed by atoms with Gasteiger partial charge in [0.2, 0.25) is 0 Å². The number of hydrogen-bond acceptors (Lipinski definition) is 1. The zero-order valence-corrected chi connectivity index (χ0v) is 8.77. The Morgan fingerprint density at radius 3 is 2.60 bits per heavy atom. The van der Waals surface area contributed by atoms with Gasteiger partial charge in [-0.25, -0.2) is 8.78 Å². The third kappa shape index (κ3) is 2.77. The van der Waals surface area contributed by atoms with Crippen molar-refractivity contribution in [3.05, 3.63) is 34.9 Å². The molecule has 0 fully saturated rings. The molecule has 3 heteroatoms. The van der Waals surface area contributed by atoms with Gasteiger partial charge in [-0.3, -0.25) is 0 Å². The summed E-state index contributed by atoms with van der Waals surface area (Å²) in [5, 5.41) is 0. The second-order valence-corrected chi connectivity index (χ2v) is 3.36. The van der Waals surface area contributed by atoms with Crippen molar-refractivity contribution in [3.8, 4) is 11.8 Å². The molecule has 0 saturated carbocycles. The van der Waals surface area contributed by atoms with Crippen LogP contribution in [-0.4, -0.2) is 0 Å². The molecular formula is C12H13F2N. The lowest BCUT2D eigenvalue weighted by Gasteiger charge is -2.11. The van der Waals surface area contributed by atoms with Gasteiger partial charge < -0.3 is 5.73 Å². The van der Waals surface area contributed by atoms with Crippen molar-refractivity contribution in [1.82, 2.24) is 0 Å². The highest BCUT2D eigenvalue weighted by Gasteiger charge is 2.12. The van der Waals surface area contributed by atoms with Crippen LogP contribution in [0.2, 0.25) is 0 Å². The number of halogens is 2. The van der Waals surface area contributed by atoms with Gasteiger partial charge >= 0.3 is 0 Å². The molecule has 1 nitrogen and oxygen atoms in total. The summed E-state index contributed by atoms with van der Waals surface area (Å²) in [5.41, 5.74) is 6.45. The van der Waals surface area contributed by atoms with Crippen LogP contribution < -0.4 is 5.73 Å². The number of aryl methyl sites for hydroxylation is 1. The highest BCUT2D eigenvalue weighted by atomic mass is 19.1. The first-order valence-corrected chi connectivity index (χ1v) is 4.67. The summed E-state index contributed by atoms with van der Waals surface area (Å²) in [6, 6.07) is 1.80. The molecule has 1 aromatic carbocycles. The zero-order chi connectivity index (χ0) is 11.4. The molecule has 0 bridgehead atoms. The second-order valence-electron chi connectivity index (χ2n) is 3.36. The lowest BCUT2D eigenvalue weighted by atomic mass is 10.0. The molecule has 2 N–H and O–H groups in total. The van der Waals surface area contributed by atoms with Crippen LogP contribution in [0, 0.1) is 30.4 Å². The van der Waals surface area contributed by atoms with Gasteiger partial charge in [-0.05, 0) is 25.5 Å². The molecule has 1 rings (SSSR count). The molecule has 0 aliphatic rings. The Morgan fingerprint density at radius 1 is 1.33 bits per heavy atom. The SMILES string of the molecule is CC#CCC(N)c1cc(C)c(F)cc1F. The van der Waals surface area contributed by atoms with Crippen molar-refractivity contribution in [2.45, 2.75) is 26.3 Å². The fourth-order valence-corrected chi connectivity index (χ4v) is 1.29. The van der Waals surface area contributed by atoms with Crippen molar-refractivity contribution >= 4 is 0 Å². The minimum atomic E-state index is -0.608. The van der Waals surface area contributed by atoms with Gasteiger partial charge in [-0.15, -0.1) is 11.8 Å². The Kier molecular flexibility index (Phi) is 3.81. The summed E-state index contributed by atoms with van der Waals surface area (Å²) in [4.78, 5) is 0. The van der Waals surface area contributed by atoms with Crippen LogP contribution in [0.4, 0.5) is 8.78 Å². The van der Waals surface area contributed by atoms with Gasteiger partial charge in [0, 0.05) is 24.1 Å². The number of nitrogens with two attached hydrogens (primary N) is 1. The van der Waals surface area contributed by atoms with E-state index in [9.17, 15) is 8.78 Å². The van der Waals surface area contributed by atoms with E-state index >= 15 is 0 Å². The van der Waals surface area contributed by atoms with E-state index in [4.69, 9.17) is 5.73 Å². The maximum atomic E-state index is 13.3. The van der Waals surface area contributed by atoms with Crippen molar-refractivity contribution in [2.75, 3.05) is 0 Å². The molecule has 0 heterocycles. The van der Waals surface area contributed by atoms with Gasteiger partial charge in [-0.1, -0.05) is 0 Å². The monoisotopic (exact) mass is 209 g/mol. The van der Waals surface area contributed by atoms with Crippen LogP contribution in [0.1, 0.15) is 30.5 Å². The summed E-state index contributed by atoms with van der Waals surface area (Å²) >= 11 is 0. The summed E-state index contributed by atoms with van der Waals surface area (Å²) in [5.74, 6) is 4.30. The predicted molar refractivity (Wildman–Crippen MR) is 56.1 cm³/mol. The topological polar surface area (TPSA) is 26.0 Å². The van der Waals surface area contributed by atoms with Gasteiger partial charge in [0.25, 0.3) is 0 Å². The van der Waals surface area contributed by atoms with E-state index in [0.717, 1.165) is 6.07 Å². The van der Waals surface area contributed by atoms with Crippen LogP contribution in [0.15, 0.2) is 12.1 Å². The first-order chi connectivity index (χ1) is 7.06. The Morgan fingerprint density at radius 2 is 2.00 bits per heavy atom. The van der Waals surface area contributed by atoms with E-state index in [1.807, 2.05) is 0 Å². The fourth-order valence-electron chi connectivity index (χ4n) is 1.29. The lowest BCUT2D eigenvalue weighted by Crippen LogP contribution is -2.12. The largest absolute Gasteiger partial charge is 0.323 e. The van der Waals surface area contributed by atoms with E-state index < -0.39 is 17.7 Å². The minimum absolute atomic E-state index is 0.316. The van der Waals surface area contributed by atoms with Crippen LogP contribution in [-0.2, 0) is 0 Å². The highest BCUT2D eigenvalue weighted by molar-refractivity contribution is 5.28. The van der Waals surface area contributed by atoms with Gasteiger partial charge in [0.15, 0.2) is 0 Å². The Balaban J connectivity index is 3.01. The molecule has 1 atom stereocenters. The van der Waals surface area contributed by atoms with Crippen LogP contribution >= 0.6 is 0 Å². The molecule has 0 amide bonds. The van der Waals surface area contributed by atoms with Crippen LogP contribution in [0.25, 0.3) is 0 Å². The highest BCUT2D eigenvalue weighted by Crippen LogP contribution is 2.21. The van der Waals surface area contributed by atoms with E-state index in [0.29, 0.717) is 17.5 Å². The summed E-state index contributed by atoms with van der Waals surface area (Å²) < 4.78 is 26.3. The average molecular weight is 209 g/mol. The van der Waals surface area contributed by atoms with E-state index in [1.165, 1.54) is 6.07 Å². The molecule has 15 heavy (non-hydrogen) atoms. The molecule has 80 valence electrons. The summed E-state index contributed by atoms with van der Waals surface area (Å²) in [6.45, 7) is 3.27. The first kappa shape index (κ1) is 11.7. The van der Waals surface area contributed by atoms with E-state index in [2.05, 4.69) is 11.8 Å². The maximum Gasteiger partial charge on any atom is 0.130 e. The number of hydrogen-bond donors (Lipinski definition) is 1. The molecule has 0 saturated heterocycles. The van der Waals surface area contributed by atoms with Gasteiger partial charge in [-0.2, -0.15) is 0 Å². The smallest absolute Gasteiger partial charge is 0.130 e. The molecule has 1 unspecified atom stereocenters. The van der Waals surface area contributed by atoms with Crippen molar-refractivity contribution in [2.24, 2.45) is 5.73 Å². The van der Waals surface area contributed by atoms with Gasteiger partial charge in [0.05, 0.1) is 0 Å². The Labute approximate surface area is 88.3 Å². The van der Waals surface area contributed by atoms with E-state index in [1.54, 1.807) is 13.8 Å². The van der Waals surface area contributed by atoms with Crippen molar-refractivity contribution < 1.29 is 8.78 Å².